The lowest BCUT2D eigenvalue weighted by Crippen LogP contribution is -2.29. The Hall–Kier alpha value is -1.77. The molecule has 0 aromatic heterocycles. The Kier molecular flexibility index (Phi) is 9.17. The van der Waals surface area contributed by atoms with Crippen LogP contribution in [0.4, 0.5) is 0 Å². The van der Waals surface area contributed by atoms with E-state index >= 15 is 13.7 Å². The molecular weight excluding hydrogens is 621 g/mol. The molecule has 0 aliphatic carbocycles. The highest BCUT2D eigenvalue weighted by Gasteiger charge is 2.57. The minimum atomic E-state index is -4.51. The summed E-state index contributed by atoms with van der Waals surface area (Å²) in [6.45, 7) is 29.9. The van der Waals surface area contributed by atoms with Crippen molar-refractivity contribution in [3.8, 4) is 0 Å². The lowest BCUT2D eigenvalue weighted by molar-refractivity contribution is 0.296. The van der Waals surface area contributed by atoms with Gasteiger partial charge in [-0.2, -0.15) is 0 Å². The second-order valence-electron chi connectivity index (χ2n) is 15.9. The van der Waals surface area contributed by atoms with E-state index in [2.05, 4.69) is 62.3 Å². The van der Waals surface area contributed by atoms with Crippen molar-refractivity contribution in [2.24, 2.45) is 0 Å². The summed E-state index contributed by atoms with van der Waals surface area (Å²) >= 11 is 0. The van der Waals surface area contributed by atoms with Crippen LogP contribution < -0.4 is 15.9 Å². The van der Waals surface area contributed by atoms with Gasteiger partial charge in [-0.05, 0) is 108 Å². The summed E-state index contributed by atoms with van der Waals surface area (Å²) in [6, 6.07) is 11.7. The third-order valence-electron chi connectivity index (χ3n) is 8.54. The fourth-order valence-electron chi connectivity index (χ4n) is 6.18. The average molecular weight is 673 g/mol. The maximum Gasteiger partial charge on any atom is 0.376 e. The molecular formula is C36H51O6P3. The molecule has 0 unspecified atom stereocenters. The van der Waals surface area contributed by atoms with Crippen LogP contribution in [0, 0.1) is 41.5 Å². The maximum atomic E-state index is 15.2. The van der Waals surface area contributed by atoms with Gasteiger partial charge in [-0.3, -0.25) is 13.7 Å². The largest absolute Gasteiger partial charge is 0.376 e. The van der Waals surface area contributed by atoms with E-state index in [9.17, 15) is 0 Å². The first-order valence-corrected chi connectivity index (χ1v) is 20.2. The molecule has 0 radical (unpaired) electrons. The molecule has 0 spiro atoms. The Labute approximate surface area is 271 Å². The fraction of sp³-hybridized carbons (Fsp3) is 0.500. The maximum absolute atomic E-state index is 15.2. The number of hydrogen-bond donors (Lipinski definition) is 0. The van der Waals surface area contributed by atoms with Crippen molar-refractivity contribution >= 4 is 38.7 Å². The van der Waals surface area contributed by atoms with Crippen molar-refractivity contribution in [2.75, 3.05) is 0 Å². The van der Waals surface area contributed by atoms with Gasteiger partial charge in [0, 0.05) is 0 Å². The number of aryl methyl sites for hydroxylation is 6. The van der Waals surface area contributed by atoms with E-state index in [0.717, 1.165) is 16.7 Å². The molecule has 0 saturated carbocycles. The first-order chi connectivity index (χ1) is 20.2. The van der Waals surface area contributed by atoms with E-state index in [1.54, 1.807) is 0 Å². The second kappa shape index (κ2) is 11.4. The lowest BCUT2D eigenvalue weighted by Gasteiger charge is -2.37. The number of rotatable bonds is 3. The van der Waals surface area contributed by atoms with Crippen LogP contribution in [-0.4, -0.2) is 0 Å². The summed E-state index contributed by atoms with van der Waals surface area (Å²) in [5.41, 5.74) is 6.51. The van der Waals surface area contributed by atoms with Crippen LogP contribution in [0.5, 0.6) is 0 Å². The molecule has 1 aliphatic rings. The molecule has 9 heteroatoms. The molecule has 0 amide bonds. The quantitative estimate of drug-likeness (QED) is 0.258. The van der Waals surface area contributed by atoms with Gasteiger partial charge in [-0.25, -0.2) is 12.9 Å². The van der Waals surface area contributed by atoms with Crippen LogP contribution in [0.2, 0.25) is 0 Å². The van der Waals surface area contributed by atoms with Crippen LogP contribution in [0.15, 0.2) is 36.4 Å². The molecule has 1 saturated heterocycles. The standard InChI is InChI=1S/C36H51O6P3/c1-22-16-28(34(7,8)9)17-23(2)31(22)43(37)40-44(38,32-24(3)18-29(19-25(32)4)35(10,11)12)42-45(39,41-43)33-26(5)20-30(21-27(33)6)36(13,14)15/h16-21H,1-15H3. The summed E-state index contributed by atoms with van der Waals surface area (Å²) < 4.78 is 64.3. The Morgan fingerprint density at radius 2 is 0.533 bits per heavy atom. The van der Waals surface area contributed by atoms with Gasteiger partial charge in [0.2, 0.25) is 0 Å². The summed E-state index contributed by atoms with van der Waals surface area (Å²) in [5.74, 6) is 0. The first-order valence-electron chi connectivity index (χ1n) is 15.5. The predicted molar refractivity (Wildman–Crippen MR) is 189 cm³/mol. The molecule has 1 heterocycles. The van der Waals surface area contributed by atoms with E-state index in [1.165, 1.54) is 0 Å². The molecule has 0 atom stereocenters. The van der Waals surface area contributed by atoms with Crippen molar-refractivity contribution in [3.63, 3.8) is 0 Å². The Balaban J connectivity index is 2.06. The highest BCUT2D eigenvalue weighted by molar-refractivity contribution is 7.87. The molecule has 4 rings (SSSR count). The molecule has 6 nitrogen and oxygen atoms in total. The number of benzene rings is 3. The van der Waals surface area contributed by atoms with Crippen LogP contribution in [0.25, 0.3) is 0 Å². The SMILES string of the molecule is Cc1cc(C(C)(C)C)cc(C)c1P1(=O)OP(=O)(c2c(C)cc(C(C)(C)C)cc2C)OP(=O)(c2c(C)cc(C(C)(C)C)cc2C)O1. The third kappa shape index (κ3) is 6.80. The minimum absolute atomic E-state index is 0.170. The van der Waals surface area contributed by atoms with Crippen LogP contribution in [0.1, 0.15) is 112 Å². The van der Waals surface area contributed by atoms with Crippen molar-refractivity contribution in [1.82, 2.24) is 0 Å². The summed E-state index contributed by atoms with van der Waals surface area (Å²) in [5, 5.41) is 0.799. The van der Waals surface area contributed by atoms with Crippen LogP contribution in [-0.2, 0) is 42.9 Å². The van der Waals surface area contributed by atoms with Crippen molar-refractivity contribution in [3.05, 3.63) is 86.5 Å². The smallest absolute Gasteiger partial charge is 0.254 e. The van der Waals surface area contributed by atoms with Gasteiger partial charge in [0.25, 0.3) is 0 Å². The van der Waals surface area contributed by atoms with Gasteiger partial charge in [0.05, 0.1) is 15.9 Å². The normalized spacial score (nSPS) is 24.6. The topological polar surface area (TPSA) is 78.9 Å². The molecule has 246 valence electrons. The second-order valence-corrected chi connectivity index (χ2v) is 22.1. The summed E-state index contributed by atoms with van der Waals surface area (Å²) in [6.07, 6.45) is 0. The zero-order valence-corrected chi connectivity index (χ0v) is 32.4. The fourth-order valence-corrected chi connectivity index (χ4v) is 15.7. The van der Waals surface area contributed by atoms with Crippen LogP contribution >= 0.6 is 22.8 Å². The summed E-state index contributed by atoms with van der Waals surface area (Å²) in [4.78, 5) is 0. The van der Waals surface area contributed by atoms with E-state index in [1.807, 2.05) is 77.9 Å². The molecule has 3 aromatic carbocycles. The lowest BCUT2D eigenvalue weighted by atomic mass is 9.85. The van der Waals surface area contributed by atoms with E-state index in [4.69, 9.17) is 12.9 Å². The predicted octanol–water partition coefficient (Wildman–Crippen LogP) is 10.3. The molecule has 1 fully saturated rings. The first kappa shape index (κ1) is 36.1. The zero-order valence-electron chi connectivity index (χ0n) is 29.8. The monoisotopic (exact) mass is 672 g/mol. The van der Waals surface area contributed by atoms with Gasteiger partial charge < -0.3 is 0 Å². The highest BCUT2D eigenvalue weighted by Crippen LogP contribution is 2.81. The molecule has 45 heavy (non-hydrogen) atoms. The molecule has 0 bridgehead atoms. The third-order valence-corrected chi connectivity index (χ3v) is 17.5. The molecule has 3 aromatic rings. The Morgan fingerprint density at radius 3 is 0.667 bits per heavy atom. The Bertz CT molecular complexity index is 1530. The van der Waals surface area contributed by atoms with Gasteiger partial charge in [0.1, 0.15) is 0 Å². The zero-order chi connectivity index (χ0) is 34.3. The number of hydrogen-bond acceptors (Lipinski definition) is 6. The van der Waals surface area contributed by atoms with Crippen LogP contribution in [0.3, 0.4) is 0 Å². The van der Waals surface area contributed by atoms with Crippen molar-refractivity contribution in [2.45, 2.75) is 120 Å². The van der Waals surface area contributed by atoms with Crippen molar-refractivity contribution < 1.29 is 26.6 Å². The van der Waals surface area contributed by atoms with Gasteiger partial charge in [-0.1, -0.05) is 98.7 Å². The molecule has 0 N–H and O–H groups in total. The van der Waals surface area contributed by atoms with Gasteiger partial charge in [-0.15, -0.1) is 0 Å². The minimum Gasteiger partial charge on any atom is -0.254 e. The van der Waals surface area contributed by atoms with E-state index in [0.29, 0.717) is 33.4 Å². The summed E-state index contributed by atoms with van der Waals surface area (Å²) in [7, 11) is -13.5. The van der Waals surface area contributed by atoms with Gasteiger partial charge >= 0.3 is 22.8 Å². The van der Waals surface area contributed by atoms with Gasteiger partial charge in [0.15, 0.2) is 0 Å². The highest BCUT2D eigenvalue weighted by atomic mass is 31.3. The van der Waals surface area contributed by atoms with E-state index in [-0.39, 0.29) is 32.2 Å². The van der Waals surface area contributed by atoms with E-state index < -0.39 is 22.8 Å². The Morgan fingerprint density at radius 1 is 0.378 bits per heavy atom. The van der Waals surface area contributed by atoms with Crippen molar-refractivity contribution in [1.29, 1.82) is 0 Å². The molecule has 1 aliphatic heterocycles. The average Bonchev–Trinajstić information content (AvgIpc) is 2.79.